The molecule has 28 heavy (non-hydrogen) atoms. The van der Waals surface area contributed by atoms with Crippen LogP contribution in [0.2, 0.25) is 5.02 Å². The van der Waals surface area contributed by atoms with Crippen LogP contribution in [0.1, 0.15) is 41.3 Å². The van der Waals surface area contributed by atoms with Gasteiger partial charge >= 0.3 is 0 Å². The van der Waals surface area contributed by atoms with Gasteiger partial charge in [0.25, 0.3) is 15.9 Å². The predicted molar refractivity (Wildman–Crippen MR) is 112 cm³/mol. The van der Waals surface area contributed by atoms with Crippen molar-refractivity contribution in [3.05, 3.63) is 58.1 Å². The van der Waals surface area contributed by atoms with E-state index < -0.39 is 10.0 Å². The highest BCUT2D eigenvalue weighted by Crippen LogP contribution is 2.27. The van der Waals surface area contributed by atoms with Crippen LogP contribution in [0, 0.1) is 19.8 Å². The maximum Gasteiger partial charge on any atom is 0.263 e. The molecule has 1 unspecified atom stereocenters. The monoisotopic (exact) mass is 420 g/mol. The summed E-state index contributed by atoms with van der Waals surface area (Å²) in [5.74, 6) is 0.283. The Morgan fingerprint density at radius 2 is 1.89 bits per heavy atom. The lowest BCUT2D eigenvalue weighted by Gasteiger charge is -2.31. The maximum absolute atomic E-state index is 12.9. The van der Waals surface area contributed by atoms with Crippen molar-refractivity contribution in [3.63, 3.8) is 0 Å². The summed E-state index contributed by atoms with van der Waals surface area (Å²) in [6, 6.07) is 9.75. The second kappa shape index (κ2) is 8.13. The fraction of sp³-hybridized carbons (Fsp3) is 0.381. The molecule has 2 aromatic carbocycles. The van der Waals surface area contributed by atoms with Crippen LogP contribution in [0.15, 0.2) is 41.3 Å². The summed E-state index contributed by atoms with van der Waals surface area (Å²) in [4.78, 5) is 14.5. The SMILES string of the molecule is Cc1ccc(NS(=O)(=O)c2cc(C(=O)N3CCCC(C)C3)ccc2Cl)cc1C. The number of carbonyl (C=O) groups is 1. The maximum atomic E-state index is 12.9. The lowest BCUT2D eigenvalue weighted by atomic mass is 9.99. The lowest BCUT2D eigenvalue weighted by molar-refractivity contribution is 0.0683. The minimum Gasteiger partial charge on any atom is -0.338 e. The average molecular weight is 421 g/mol. The number of carbonyl (C=O) groups excluding carboxylic acids is 1. The first kappa shape index (κ1) is 20.7. The Morgan fingerprint density at radius 1 is 1.14 bits per heavy atom. The van der Waals surface area contributed by atoms with Gasteiger partial charge in [0.05, 0.1) is 5.02 Å². The van der Waals surface area contributed by atoms with Gasteiger partial charge in [0.15, 0.2) is 0 Å². The first-order valence-corrected chi connectivity index (χ1v) is 11.2. The molecule has 0 bridgehead atoms. The molecule has 7 heteroatoms. The van der Waals surface area contributed by atoms with Crippen LogP contribution in [-0.4, -0.2) is 32.3 Å². The number of aryl methyl sites for hydroxylation is 2. The Balaban J connectivity index is 1.89. The van der Waals surface area contributed by atoms with E-state index in [0.717, 1.165) is 24.0 Å². The molecule has 1 atom stereocenters. The van der Waals surface area contributed by atoms with Crippen molar-refractivity contribution in [2.45, 2.75) is 38.5 Å². The number of likely N-dealkylation sites (tertiary alicyclic amines) is 1. The van der Waals surface area contributed by atoms with Crippen LogP contribution >= 0.6 is 11.6 Å². The molecule has 1 amide bonds. The number of rotatable bonds is 4. The molecule has 1 heterocycles. The molecule has 1 saturated heterocycles. The van der Waals surface area contributed by atoms with Crippen molar-refractivity contribution in [3.8, 4) is 0 Å². The van der Waals surface area contributed by atoms with Crippen LogP contribution < -0.4 is 4.72 Å². The Hall–Kier alpha value is -2.05. The summed E-state index contributed by atoms with van der Waals surface area (Å²) in [6.07, 6.45) is 2.06. The summed E-state index contributed by atoms with van der Waals surface area (Å²) in [7, 11) is -3.92. The van der Waals surface area contributed by atoms with E-state index in [1.54, 1.807) is 23.1 Å². The van der Waals surface area contributed by atoms with Crippen molar-refractivity contribution in [2.24, 2.45) is 5.92 Å². The summed E-state index contributed by atoms with van der Waals surface area (Å²) in [6.45, 7) is 7.36. The van der Waals surface area contributed by atoms with E-state index in [0.29, 0.717) is 30.3 Å². The number of piperidine rings is 1. The van der Waals surface area contributed by atoms with E-state index >= 15 is 0 Å². The minimum atomic E-state index is -3.92. The molecule has 1 fully saturated rings. The summed E-state index contributed by atoms with van der Waals surface area (Å²) >= 11 is 6.17. The number of anilines is 1. The molecule has 3 rings (SSSR count). The number of sulfonamides is 1. The zero-order valence-corrected chi connectivity index (χ0v) is 17.9. The molecule has 0 aromatic heterocycles. The van der Waals surface area contributed by atoms with E-state index in [-0.39, 0.29) is 15.8 Å². The largest absolute Gasteiger partial charge is 0.338 e. The number of nitrogens with zero attached hydrogens (tertiary/aromatic N) is 1. The van der Waals surface area contributed by atoms with E-state index in [4.69, 9.17) is 11.6 Å². The van der Waals surface area contributed by atoms with Crippen LogP contribution in [0.5, 0.6) is 0 Å². The number of benzene rings is 2. The molecule has 0 aliphatic carbocycles. The second-order valence-electron chi connectivity index (χ2n) is 7.55. The third-order valence-electron chi connectivity index (χ3n) is 5.17. The van der Waals surface area contributed by atoms with Gasteiger partial charge in [-0.3, -0.25) is 9.52 Å². The third kappa shape index (κ3) is 4.50. The number of hydrogen-bond acceptors (Lipinski definition) is 3. The van der Waals surface area contributed by atoms with Crippen molar-refractivity contribution in [1.82, 2.24) is 4.90 Å². The van der Waals surface area contributed by atoms with Crippen molar-refractivity contribution < 1.29 is 13.2 Å². The molecule has 1 aliphatic heterocycles. The Labute approximate surface area is 171 Å². The van der Waals surface area contributed by atoms with Gasteiger partial charge in [-0.15, -0.1) is 0 Å². The van der Waals surface area contributed by atoms with Crippen molar-refractivity contribution in [2.75, 3.05) is 17.8 Å². The molecule has 5 nitrogen and oxygen atoms in total. The van der Waals surface area contributed by atoms with Gasteiger partial charge in [-0.1, -0.05) is 24.6 Å². The highest BCUT2D eigenvalue weighted by molar-refractivity contribution is 7.92. The molecule has 150 valence electrons. The molecule has 0 saturated carbocycles. The zero-order valence-electron chi connectivity index (χ0n) is 16.3. The topological polar surface area (TPSA) is 66.5 Å². The molecular weight excluding hydrogens is 396 g/mol. The molecule has 0 spiro atoms. The molecule has 1 N–H and O–H groups in total. The Kier molecular flexibility index (Phi) is 6.01. The summed E-state index contributed by atoms with van der Waals surface area (Å²) < 4.78 is 28.4. The van der Waals surface area contributed by atoms with Gasteiger partial charge in [0, 0.05) is 24.3 Å². The standard InChI is InChI=1S/C21H25ClN2O3S/c1-14-5-4-10-24(13-14)21(25)17-7-9-19(22)20(12-17)28(26,27)23-18-8-6-15(2)16(3)11-18/h6-9,11-12,14,23H,4-5,10,13H2,1-3H3. The van der Waals surface area contributed by atoms with Crippen molar-refractivity contribution in [1.29, 1.82) is 0 Å². The number of hydrogen-bond donors (Lipinski definition) is 1. The van der Waals surface area contributed by atoms with Crippen LogP contribution in [-0.2, 0) is 10.0 Å². The van der Waals surface area contributed by atoms with E-state index in [9.17, 15) is 13.2 Å². The van der Waals surface area contributed by atoms with Crippen LogP contribution in [0.25, 0.3) is 0 Å². The predicted octanol–water partition coefficient (Wildman–Crippen LogP) is 4.63. The van der Waals surface area contributed by atoms with Crippen LogP contribution in [0.4, 0.5) is 5.69 Å². The van der Waals surface area contributed by atoms with Gasteiger partial charge in [-0.2, -0.15) is 0 Å². The zero-order chi connectivity index (χ0) is 20.5. The quantitative estimate of drug-likeness (QED) is 0.784. The van der Waals surface area contributed by atoms with Gasteiger partial charge in [-0.25, -0.2) is 8.42 Å². The first-order chi connectivity index (χ1) is 13.2. The highest BCUT2D eigenvalue weighted by atomic mass is 35.5. The van der Waals surface area contributed by atoms with Crippen LogP contribution in [0.3, 0.4) is 0 Å². The van der Waals surface area contributed by atoms with Gasteiger partial charge in [0.2, 0.25) is 0 Å². The molecule has 0 radical (unpaired) electrons. The number of nitrogens with one attached hydrogen (secondary N) is 1. The first-order valence-electron chi connectivity index (χ1n) is 9.36. The average Bonchev–Trinajstić information content (AvgIpc) is 2.64. The number of halogens is 1. The van der Waals surface area contributed by atoms with Gasteiger partial charge in [-0.05, 0) is 74.1 Å². The third-order valence-corrected chi connectivity index (χ3v) is 7.03. The van der Waals surface area contributed by atoms with Gasteiger partial charge in [0.1, 0.15) is 4.90 Å². The van der Waals surface area contributed by atoms with Crippen molar-refractivity contribution >= 4 is 33.2 Å². The van der Waals surface area contributed by atoms with E-state index in [1.807, 2.05) is 19.9 Å². The summed E-state index contributed by atoms with van der Waals surface area (Å²) in [5, 5.41) is 0.0832. The fourth-order valence-corrected chi connectivity index (χ4v) is 4.99. The summed E-state index contributed by atoms with van der Waals surface area (Å²) in [5.41, 5.74) is 2.85. The molecular formula is C21H25ClN2O3S. The Morgan fingerprint density at radius 3 is 2.57 bits per heavy atom. The molecule has 1 aliphatic rings. The minimum absolute atomic E-state index is 0.0832. The highest BCUT2D eigenvalue weighted by Gasteiger charge is 2.25. The number of amides is 1. The van der Waals surface area contributed by atoms with Gasteiger partial charge < -0.3 is 4.90 Å². The van der Waals surface area contributed by atoms with E-state index in [1.165, 1.54) is 12.1 Å². The normalized spacial score (nSPS) is 17.4. The Bertz CT molecular complexity index is 1000. The van der Waals surface area contributed by atoms with E-state index in [2.05, 4.69) is 11.6 Å². The fourth-order valence-electron chi connectivity index (χ4n) is 3.41. The smallest absolute Gasteiger partial charge is 0.263 e. The second-order valence-corrected chi connectivity index (χ2v) is 9.61. The lowest BCUT2D eigenvalue weighted by Crippen LogP contribution is -2.39. The molecule has 2 aromatic rings.